The van der Waals surface area contributed by atoms with E-state index < -0.39 is 10.0 Å². The highest BCUT2D eigenvalue weighted by atomic mass is 35.5. The average Bonchev–Trinajstić information content (AvgIpc) is 2.47. The molecule has 1 fully saturated rings. The van der Waals surface area contributed by atoms with Gasteiger partial charge < -0.3 is 5.73 Å². The Labute approximate surface area is 138 Å². The molecule has 1 aromatic rings. The lowest BCUT2D eigenvalue weighted by Gasteiger charge is -2.36. The molecule has 1 saturated heterocycles. The molecule has 0 aliphatic carbocycles. The maximum absolute atomic E-state index is 12.8. The van der Waals surface area contributed by atoms with E-state index in [9.17, 15) is 13.2 Å². The molecule has 2 atom stereocenters. The summed E-state index contributed by atoms with van der Waals surface area (Å²) in [5.74, 6) is -0.144. The molecule has 2 N–H and O–H groups in total. The minimum Gasteiger partial charge on any atom is -0.326 e. The van der Waals surface area contributed by atoms with Gasteiger partial charge in [0.05, 0.1) is 4.90 Å². The van der Waals surface area contributed by atoms with E-state index >= 15 is 0 Å². The first-order chi connectivity index (χ1) is 9.84. The second-order valence-electron chi connectivity index (χ2n) is 5.62. The first kappa shape index (κ1) is 19.1. The van der Waals surface area contributed by atoms with Crippen molar-refractivity contribution in [2.75, 3.05) is 6.54 Å². The average molecular weight is 347 g/mol. The number of ketones is 1. The lowest BCUT2D eigenvalue weighted by atomic mass is 10.00. The Morgan fingerprint density at radius 1 is 1.36 bits per heavy atom. The smallest absolute Gasteiger partial charge is 0.243 e. The number of Topliss-reactive ketones (excluding diaryl/α,β-unsaturated/α-hetero) is 1. The highest BCUT2D eigenvalue weighted by molar-refractivity contribution is 7.89. The second kappa shape index (κ2) is 7.55. The van der Waals surface area contributed by atoms with Crippen LogP contribution in [-0.4, -0.2) is 37.1 Å². The molecule has 22 heavy (non-hydrogen) atoms. The first-order valence-corrected chi connectivity index (χ1v) is 8.66. The van der Waals surface area contributed by atoms with E-state index in [0.29, 0.717) is 12.1 Å². The van der Waals surface area contributed by atoms with Gasteiger partial charge in [-0.15, -0.1) is 12.4 Å². The Balaban J connectivity index is 0.00000242. The number of halogens is 1. The van der Waals surface area contributed by atoms with Gasteiger partial charge in [0.25, 0.3) is 0 Å². The largest absolute Gasteiger partial charge is 0.326 e. The van der Waals surface area contributed by atoms with Crippen LogP contribution in [0.15, 0.2) is 29.2 Å². The van der Waals surface area contributed by atoms with Crippen molar-refractivity contribution in [2.45, 2.75) is 50.1 Å². The van der Waals surface area contributed by atoms with E-state index in [1.165, 1.54) is 23.4 Å². The molecule has 2 unspecified atom stereocenters. The van der Waals surface area contributed by atoms with Crippen molar-refractivity contribution in [1.29, 1.82) is 0 Å². The van der Waals surface area contributed by atoms with Crippen LogP contribution < -0.4 is 5.73 Å². The van der Waals surface area contributed by atoms with Crippen LogP contribution in [0.2, 0.25) is 0 Å². The molecule has 124 valence electrons. The van der Waals surface area contributed by atoms with Gasteiger partial charge in [-0.05, 0) is 38.8 Å². The molecule has 0 radical (unpaired) electrons. The van der Waals surface area contributed by atoms with Crippen LogP contribution in [0.25, 0.3) is 0 Å². The second-order valence-corrected chi connectivity index (χ2v) is 7.51. The highest BCUT2D eigenvalue weighted by Crippen LogP contribution is 2.27. The molecular weight excluding hydrogens is 324 g/mol. The van der Waals surface area contributed by atoms with Crippen LogP contribution in [0.4, 0.5) is 0 Å². The third-order valence-electron chi connectivity index (χ3n) is 3.95. The van der Waals surface area contributed by atoms with Crippen molar-refractivity contribution in [2.24, 2.45) is 5.73 Å². The number of nitrogens with two attached hydrogens (primary N) is 1. The number of carbonyl (C=O) groups is 1. The van der Waals surface area contributed by atoms with Gasteiger partial charge in [-0.2, -0.15) is 4.31 Å². The van der Waals surface area contributed by atoms with Crippen LogP contribution in [0, 0.1) is 0 Å². The predicted octanol–water partition coefficient (Wildman–Crippen LogP) is 2.20. The van der Waals surface area contributed by atoms with Crippen molar-refractivity contribution in [1.82, 2.24) is 4.31 Å². The lowest BCUT2D eigenvalue weighted by Crippen LogP contribution is -2.51. The quantitative estimate of drug-likeness (QED) is 0.847. The zero-order valence-electron chi connectivity index (χ0n) is 12.9. The van der Waals surface area contributed by atoms with Crippen LogP contribution in [-0.2, 0) is 10.0 Å². The van der Waals surface area contributed by atoms with Crippen molar-refractivity contribution < 1.29 is 13.2 Å². The van der Waals surface area contributed by atoms with Gasteiger partial charge in [0.15, 0.2) is 5.78 Å². The maximum Gasteiger partial charge on any atom is 0.243 e. The number of piperidine rings is 1. The van der Waals surface area contributed by atoms with Crippen molar-refractivity contribution in [3.8, 4) is 0 Å². The summed E-state index contributed by atoms with van der Waals surface area (Å²) in [7, 11) is -3.61. The molecule has 1 heterocycles. The van der Waals surface area contributed by atoms with Crippen LogP contribution in [0.5, 0.6) is 0 Å². The topological polar surface area (TPSA) is 80.5 Å². The van der Waals surface area contributed by atoms with E-state index in [2.05, 4.69) is 0 Å². The highest BCUT2D eigenvalue weighted by Gasteiger charge is 2.35. The zero-order valence-corrected chi connectivity index (χ0v) is 14.5. The van der Waals surface area contributed by atoms with Gasteiger partial charge in [-0.1, -0.05) is 18.6 Å². The number of nitrogens with zero attached hydrogens (tertiary/aromatic N) is 1. The molecule has 7 heteroatoms. The summed E-state index contributed by atoms with van der Waals surface area (Å²) in [4.78, 5) is 11.6. The molecule has 0 saturated carbocycles. The van der Waals surface area contributed by atoms with Crippen LogP contribution in [0.3, 0.4) is 0 Å². The summed E-state index contributed by atoms with van der Waals surface area (Å²) in [5.41, 5.74) is 6.36. The van der Waals surface area contributed by atoms with E-state index in [1.807, 2.05) is 6.92 Å². The fourth-order valence-corrected chi connectivity index (χ4v) is 4.59. The molecule has 1 aliphatic rings. The summed E-state index contributed by atoms with van der Waals surface area (Å²) in [5, 5.41) is 0. The molecule has 0 amide bonds. The summed E-state index contributed by atoms with van der Waals surface area (Å²) < 4.78 is 27.2. The monoisotopic (exact) mass is 346 g/mol. The van der Waals surface area contributed by atoms with Crippen molar-refractivity contribution >= 4 is 28.2 Å². The Bertz CT molecular complexity index is 631. The standard InChI is InChI=1S/C15H22N2O3S.ClH/c1-11(16)15-8-3-4-9-17(15)21(19,20)14-7-5-6-13(10-14)12(2)18;/h5-7,10-11,15H,3-4,8-9,16H2,1-2H3;1H. The lowest BCUT2D eigenvalue weighted by molar-refractivity contribution is 0.101. The molecule has 1 aliphatic heterocycles. The third kappa shape index (κ3) is 3.87. The Kier molecular flexibility index (Phi) is 6.55. The van der Waals surface area contributed by atoms with Crippen LogP contribution in [0.1, 0.15) is 43.5 Å². The summed E-state index contributed by atoms with van der Waals surface area (Å²) in [6.45, 7) is 3.75. The molecule has 0 aromatic heterocycles. The Morgan fingerprint density at radius 2 is 2.05 bits per heavy atom. The number of carbonyl (C=O) groups excluding carboxylic acids is 1. The fraction of sp³-hybridized carbons (Fsp3) is 0.533. The van der Waals surface area contributed by atoms with E-state index in [1.54, 1.807) is 12.1 Å². The number of hydrogen-bond acceptors (Lipinski definition) is 4. The third-order valence-corrected chi connectivity index (χ3v) is 5.87. The normalized spacial score (nSPS) is 21.0. The van der Waals surface area contributed by atoms with Gasteiger partial charge >= 0.3 is 0 Å². The SMILES string of the molecule is CC(=O)c1cccc(S(=O)(=O)N2CCCCC2C(C)N)c1.Cl. The van der Waals surface area contributed by atoms with Gasteiger partial charge in [0.1, 0.15) is 0 Å². The summed E-state index contributed by atoms with van der Waals surface area (Å²) in [6, 6.07) is 5.83. The van der Waals surface area contributed by atoms with Crippen molar-refractivity contribution in [3.63, 3.8) is 0 Å². The molecular formula is C15H23ClN2O3S. The number of rotatable bonds is 4. The Morgan fingerprint density at radius 3 is 2.64 bits per heavy atom. The van der Waals surface area contributed by atoms with Crippen molar-refractivity contribution in [3.05, 3.63) is 29.8 Å². The van der Waals surface area contributed by atoms with E-state index in [4.69, 9.17) is 5.73 Å². The van der Waals surface area contributed by atoms with Gasteiger partial charge in [0, 0.05) is 24.2 Å². The van der Waals surface area contributed by atoms with Gasteiger partial charge in [-0.3, -0.25) is 4.79 Å². The molecule has 0 spiro atoms. The minimum atomic E-state index is -3.61. The number of hydrogen-bond donors (Lipinski definition) is 1. The van der Waals surface area contributed by atoms with E-state index in [-0.39, 0.29) is 35.2 Å². The maximum atomic E-state index is 12.8. The first-order valence-electron chi connectivity index (χ1n) is 7.22. The predicted molar refractivity (Wildman–Crippen MR) is 88.9 cm³/mol. The fourth-order valence-electron chi connectivity index (χ4n) is 2.77. The molecule has 0 bridgehead atoms. The summed E-state index contributed by atoms with van der Waals surface area (Å²) in [6.07, 6.45) is 2.61. The zero-order chi connectivity index (χ0) is 15.6. The van der Waals surface area contributed by atoms with Crippen LogP contribution >= 0.6 is 12.4 Å². The molecule has 5 nitrogen and oxygen atoms in total. The molecule has 2 rings (SSSR count). The summed E-state index contributed by atoms with van der Waals surface area (Å²) >= 11 is 0. The van der Waals surface area contributed by atoms with Gasteiger partial charge in [-0.25, -0.2) is 8.42 Å². The number of sulfonamides is 1. The Hall–Kier alpha value is -0.950. The van der Waals surface area contributed by atoms with Gasteiger partial charge in [0.2, 0.25) is 10.0 Å². The van der Waals surface area contributed by atoms with E-state index in [0.717, 1.165) is 19.3 Å². The molecule has 1 aromatic carbocycles. The minimum absolute atomic E-state index is 0. The number of benzene rings is 1.